The lowest BCUT2D eigenvalue weighted by Crippen LogP contribution is -2.32. The number of Topliss-reactive ketones (excluding diaryl/α,β-unsaturated/α-hetero) is 1. The second kappa shape index (κ2) is 7.90. The number of carbonyl (C=O) groups excluding carboxylic acids is 2. The Hall–Kier alpha value is -1.44. The first-order valence-corrected chi connectivity index (χ1v) is 9.22. The van der Waals surface area contributed by atoms with Crippen LogP contribution in [0.4, 0.5) is 0 Å². The summed E-state index contributed by atoms with van der Waals surface area (Å²) in [5.74, 6) is -0.643. The highest BCUT2D eigenvalue weighted by molar-refractivity contribution is 7.89. The molecule has 0 heterocycles. The topological polar surface area (TPSA) is 89.5 Å². The van der Waals surface area contributed by atoms with Crippen molar-refractivity contribution < 1.29 is 22.7 Å². The van der Waals surface area contributed by atoms with Crippen molar-refractivity contribution in [2.24, 2.45) is 0 Å². The van der Waals surface area contributed by atoms with Crippen LogP contribution >= 0.6 is 11.6 Å². The van der Waals surface area contributed by atoms with Crippen molar-refractivity contribution in [3.63, 3.8) is 0 Å². The minimum atomic E-state index is -3.70. The first-order valence-electron chi connectivity index (χ1n) is 7.36. The van der Waals surface area contributed by atoms with Crippen molar-refractivity contribution in [2.45, 2.75) is 43.1 Å². The monoisotopic (exact) mass is 359 g/mol. The van der Waals surface area contributed by atoms with Gasteiger partial charge in [-0.25, -0.2) is 13.1 Å². The number of ketones is 1. The smallest absolute Gasteiger partial charge is 0.307 e. The molecule has 0 aromatic heterocycles. The predicted molar refractivity (Wildman–Crippen MR) is 84.6 cm³/mol. The summed E-state index contributed by atoms with van der Waals surface area (Å²) in [4.78, 5) is 23.3. The molecule has 0 unspecified atom stereocenters. The number of rotatable bonds is 6. The van der Waals surface area contributed by atoms with E-state index in [2.05, 4.69) is 4.72 Å². The lowest BCUT2D eigenvalue weighted by Gasteiger charge is -2.20. The van der Waals surface area contributed by atoms with Crippen LogP contribution in [0.3, 0.4) is 0 Å². The number of ether oxygens (including phenoxy) is 1. The molecule has 0 amide bonds. The summed E-state index contributed by atoms with van der Waals surface area (Å²) in [5, 5.41) is 0.435. The molecule has 0 saturated heterocycles. The third kappa shape index (κ3) is 5.30. The largest absolute Gasteiger partial charge is 0.454 e. The van der Waals surface area contributed by atoms with Crippen LogP contribution in [0.15, 0.2) is 29.2 Å². The van der Waals surface area contributed by atoms with Crippen LogP contribution < -0.4 is 4.72 Å². The Balaban J connectivity index is 1.80. The Morgan fingerprint density at radius 3 is 2.61 bits per heavy atom. The summed E-state index contributed by atoms with van der Waals surface area (Å²) in [6.07, 6.45) is 1.85. The lowest BCUT2D eigenvalue weighted by molar-refractivity contribution is -0.156. The SMILES string of the molecule is O=C(CCNS(=O)(=O)c1ccc(Cl)cc1)O[C@H]1CCCCC1=O. The van der Waals surface area contributed by atoms with E-state index in [1.807, 2.05) is 0 Å². The fourth-order valence-corrected chi connectivity index (χ4v) is 3.44. The number of esters is 1. The van der Waals surface area contributed by atoms with Crippen molar-refractivity contribution in [1.82, 2.24) is 4.72 Å². The van der Waals surface area contributed by atoms with Gasteiger partial charge in [-0.2, -0.15) is 0 Å². The van der Waals surface area contributed by atoms with Gasteiger partial charge in [-0.1, -0.05) is 11.6 Å². The van der Waals surface area contributed by atoms with Gasteiger partial charge in [0.1, 0.15) is 0 Å². The summed E-state index contributed by atoms with van der Waals surface area (Å²) in [5.41, 5.74) is 0. The number of nitrogens with one attached hydrogen (secondary N) is 1. The number of halogens is 1. The van der Waals surface area contributed by atoms with E-state index in [9.17, 15) is 18.0 Å². The summed E-state index contributed by atoms with van der Waals surface area (Å²) in [6.45, 7) is -0.0926. The van der Waals surface area contributed by atoms with Crippen molar-refractivity contribution in [2.75, 3.05) is 6.54 Å². The van der Waals surface area contributed by atoms with Gasteiger partial charge in [0.2, 0.25) is 10.0 Å². The fraction of sp³-hybridized carbons (Fsp3) is 0.467. The molecule has 6 nitrogen and oxygen atoms in total. The van der Waals surface area contributed by atoms with Crippen molar-refractivity contribution in [3.8, 4) is 0 Å². The van der Waals surface area contributed by atoms with Gasteiger partial charge in [-0.15, -0.1) is 0 Å². The maximum Gasteiger partial charge on any atom is 0.307 e. The van der Waals surface area contributed by atoms with Crippen LogP contribution in [0.25, 0.3) is 0 Å². The maximum atomic E-state index is 12.0. The molecule has 1 atom stereocenters. The van der Waals surface area contributed by atoms with Crippen LogP contribution in [0.2, 0.25) is 5.02 Å². The van der Waals surface area contributed by atoms with Crippen LogP contribution in [-0.2, 0) is 24.3 Å². The molecular weight excluding hydrogens is 342 g/mol. The summed E-state index contributed by atoms with van der Waals surface area (Å²) >= 11 is 5.71. The predicted octanol–water partition coefficient (Wildman–Crippen LogP) is 2.06. The highest BCUT2D eigenvalue weighted by Gasteiger charge is 2.25. The van der Waals surface area contributed by atoms with Crippen LogP contribution in [0, 0.1) is 0 Å². The molecule has 1 N–H and O–H groups in total. The van der Waals surface area contributed by atoms with Gasteiger partial charge >= 0.3 is 5.97 Å². The second-order valence-electron chi connectivity index (χ2n) is 5.29. The van der Waals surface area contributed by atoms with E-state index >= 15 is 0 Å². The molecule has 0 bridgehead atoms. The fourth-order valence-electron chi connectivity index (χ4n) is 2.28. The van der Waals surface area contributed by atoms with Crippen molar-refractivity contribution in [3.05, 3.63) is 29.3 Å². The molecule has 1 fully saturated rings. The average molecular weight is 360 g/mol. The van der Waals surface area contributed by atoms with Gasteiger partial charge < -0.3 is 4.74 Å². The normalized spacial score (nSPS) is 18.7. The highest BCUT2D eigenvalue weighted by Crippen LogP contribution is 2.18. The molecular formula is C15H18ClNO5S. The first kappa shape index (κ1) is 17.9. The van der Waals surface area contributed by atoms with Gasteiger partial charge in [-0.05, 0) is 43.5 Å². The van der Waals surface area contributed by atoms with Gasteiger partial charge in [0.05, 0.1) is 11.3 Å². The highest BCUT2D eigenvalue weighted by atomic mass is 35.5. The minimum Gasteiger partial charge on any atom is -0.454 e. The van der Waals surface area contributed by atoms with E-state index in [1.165, 1.54) is 24.3 Å². The zero-order chi connectivity index (χ0) is 16.9. The second-order valence-corrected chi connectivity index (χ2v) is 7.50. The Morgan fingerprint density at radius 1 is 1.26 bits per heavy atom. The Morgan fingerprint density at radius 2 is 1.96 bits per heavy atom. The first-order chi connectivity index (χ1) is 10.9. The van der Waals surface area contributed by atoms with E-state index in [0.717, 1.165) is 12.8 Å². The molecule has 23 heavy (non-hydrogen) atoms. The van der Waals surface area contributed by atoms with Crippen LogP contribution in [0.1, 0.15) is 32.1 Å². The van der Waals surface area contributed by atoms with Crippen molar-refractivity contribution in [1.29, 1.82) is 0 Å². The molecule has 1 aromatic rings. The van der Waals surface area contributed by atoms with Gasteiger partial charge in [0, 0.05) is 18.0 Å². The number of benzene rings is 1. The van der Waals surface area contributed by atoms with Gasteiger partial charge in [0.15, 0.2) is 11.9 Å². The Labute approximate surface area is 140 Å². The molecule has 0 spiro atoms. The standard InChI is InChI=1S/C15H18ClNO5S/c16-11-5-7-12(8-6-11)23(20,21)17-10-9-15(19)22-14-4-2-1-3-13(14)18/h5-8,14,17H,1-4,9-10H2/t14-/m0/s1. The van der Waals surface area contributed by atoms with E-state index in [4.69, 9.17) is 16.3 Å². The Kier molecular flexibility index (Phi) is 6.15. The molecule has 126 valence electrons. The van der Waals surface area contributed by atoms with Crippen LogP contribution in [-0.4, -0.2) is 32.8 Å². The number of sulfonamides is 1. The lowest BCUT2D eigenvalue weighted by atomic mass is 9.96. The third-order valence-electron chi connectivity index (χ3n) is 3.52. The zero-order valence-corrected chi connectivity index (χ0v) is 14.0. The van der Waals surface area contributed by atoms with E-state index in [1.54, 1.807) is 0 Å². The summed E-state index contributed by atoms with van der Waals surface area (Å²) in [6, 6.07) is 5.70. The van der Waals surface area contributed by atoms with Gasteiger partial charge in [-0.3, -0.25) is 9.59 Å². The molecule has 1 aliphatic carbocycles. The van der Waals surface area contributed by atoms with Gasteiger partial charge in [0.25, 0.3) is 0 Å². The number of hydrogen-bond donors (Lipinski definition) is 1. The molecule has 0 radical (unpaired) electrons. The molecule has 1 aromatic carbocycles. The maximum absolute atomic E-state index is 12.0. The molecule has 1 aliphatic rings. The van der Waals surface area contributed by atoms with E-state index in [-0.39, 0.29) is 23.6 Å². The average Bonchev–Trinajstić information content (AvgIpc) is 2.50. The van der Waals surface area contributed by atoms with Crippen molar-refractivity contribution >= 4 is 33.4 Å². The van der Waals surface area contributed by atoms with E-state index in [0.29, 0.717) is 17.9 Å². The van der Waals surface area contributed by atoms with E-state index < -0.39 is 22.1 Å². The minimum absolute atomic E-state index is 0.0636. The zero-order valence-electron chi connectivity index (χ0n) is 12.5. The number of carbonyl (C=O) groups is 2. The number of hydrogen-bond acceptors (Lipinski definition) is 5. The Bertz CT molecular complexity index is 672. The molecule has 8 heteroatoms. The molecule has 1 saturated carbocycles. The third-order valence-corrected chi connectivity index (χ3v) is 5.25. The molecule has 0 aliphatic heterocycles. The molecule has 2 rings (SSSR count). The van der Waals surface area contributed by atoms with Crippen LogP contribution in [0.5, 0.6) is 0 Å². The summed E-state index contributed by atoms with van der Waals surface area (Å²) in [7, 11) is -3.70. The quantitative estimate of drug-likeness (QED) is 0.785. The summed E-state index contributed by atoms with van der Waals surface area (Å²) < 4.78 is 31.4.